The Morgan fingerprint density at radius 2 is 1.83 bits per heavy atom. The number of hydrogen-bond donors (Lipinski definition) is 3. The molecule has 3 atom stereocenters. The minimum absolute atomic E-state index is 0.00148. The molecule has 0 heterocycles. The number of nitrogens with one attached hydrogen (secondary N) is 1. The van der Waals surface area contributed by atoms with Gasteiger partial charge in [-0.3, -0.25) is 9.59 Å². The number of carbonyl (C=O) groups excluding carboxylic acids is 2. The van der Waals surface area contributed by atoms with E-state index in [1.165, 1.54) is 4.90 Å². The van der Waals surface area contributed by atoms with Crippen molar-refractivity contribution in [3.8, 4) is 0 Å². The maximum absolute atomic E-state index is 12.1. The summed E-state index contributed by atoms with van der Waals surface area (Å²) >= 11 is 0. The second-order valence-corrected chi connectivity index (χ2v) is 6.33. The van der Waals surface area contributed by atoms with Crippen molar-refractivity contribution in [3.05, 3.63) is 12.7 Å². The molecule has 23 heavy (non-hydrogen) atoms. The normalized spacial score (nSPS) is 14.7. The molecule has 0 saturated carbocycles. The lowest BCUT2D eigenvalue weighted by Gasteiger charge is -2.24. The second kappa shape index (κ2) is 9.99. The van der Waals surface area contributed by atoms with E-state index in [2.05, 4.69) is 11.9 Å². The molecular weight excluding hydrogens is 298 g/mol. The van der Waals surface area contributed by atoms with Crippen molar-refractivity contribution >= 4 is 17.8 Å². The zero-order valence-electron chi connectivity index (χ0n) is 14.4. The van der Waals surface area contributed by atoms with Crippen LogP contribution in [-0.4, -0.2) is 54.0 Å². The quantitative estimate of drug-likeness (QED) is 0.509. The van der Waals surface area contributed by atoms with Crippen LogP contribution in [0.1, 0.15) is 33.1 Å². The summed E-state index contributed by atoms with van der Waals surface area (Å²) in [7, 11) is 3.21. The highest BCUT2D eigenvalue weighted by Crippen LogP contribution is 2.15. The van der Waals surface area contributed by atoms with E-state index in [1.54, 1.807) is 20.2 Å². The summed E-state index contributed by atoms with van der Waals surface area (Å²) in [5, 5.41) is 11.8. The molecular formula is C16H29N3O4. The van der Waals surface area contributed by atoms with Crippen LogP contribution in [0, 0.1) is 11.8 Å². The fourth-order valence-electron chi connectivity index (χ4n) is 2.26. The molecule has 2 amide bonds. The van der Waals surface area contributed by atoms with E-state index >= 15 is 0 Å². The Labute approximate surface area is 137 Å². The molecule has 0 rings (SSSR count). The van der Waals surface area contributed by atoms with Crippen molar-refractivity contribution in [2.45, 2.75) is 45.2 Å². The van der Waals surface area contributed by atoms with Crippen LogP contribution in [0.2, 0.25) is 0 Å². The summed E-state index contributed by atoms with van der Waals surface area (Å²) in [5.74, 6) is -2.22. The van der Waals surface area contributed by atoms with Crippen molar-refractivity contribution < 1.29 is 19.5 Å². The van der Waals surface area contributed by atoms with Crippen molar-refractivity contribution in [1.82, 2.24) is 10.2 Å². The predicted molar refractivity (Wildman–Crippen MR) is 88.6 cm³/mol. The first-order valence-electron chi connectivity index (χ1n) is 7.70. The third kappa shape index (κ3) is 7.78. The largest absolute Gasteiger partial charge is 0.480 e. The smallest absolute Gasteiger partial charge is 0.326 e. The van der Waals surface area contributed by atoms with E-state index in [1.807, 2.05) is 13.8 Å². The summed E-state index contributed by atoms with van der Waals surface area (Å²) in [6.07, 6.45) is 2.37. The van der Waals surface area contributed by atoms with Crippen LogP contribution in [0.4, 0.5) is 0 Å². The van der Waals surface area contributed by atoms with Gasteiger partial charge in [0, 0.05) is 20.0 Å². The zero-order valence-corrected chi connectivity index (χ0v) is 14.4. The monoisotopic (exact) mass is 327 g/mol. The topological polar surface area (TPSA) is 113 Å². The molecule has 0 saturated heterocycles. The SMILES string of the molecule is C=CCC(C[C@H](NC(=O)[C@@H](N)CC(C)C)C(=O)O)C(=O)N(C)C. The Kier molecular flexibility index (Phi) is 9.17. The van der Waals surface area contributed by atoms with Gasteiger partial charge in [-0.2, -0.15) is 0 Å². The first-order valence-corrected chi connectivity index (χ1v) is 7.70. The van der Waals surface area contributed by atoms with Gasteiger partial charge in [-0.25, -0.2) is 4.79 Å². The Hall–Kier alpha value is -1.89. The molecule has 0 aromatic heterocycles. The number of carbonyl (C=O) groups is 3. The fourth-order valence-corrected chi connectivity index (χ4v) is 2.26. The number of hydrogen-bond acceptors (Lipinski definition) is 4. The minimum atomic E-state index is -1.18. The van der Waals surface area contributed by atoms with Gasteiger partial charge in [-0.05, 0) is 25.2 Å². The molecule has 7 nitrogen and oxygen atoms in total. The Balaban J connectivity index is 4.96. The number of carboxylic acids is 1. The highest BCUT2D eigenvalue weighted by atomic mass is 16.4. The number of nitrogens with two attached hydrogens (primary N) is 1. The zero-order chi connectivity index (χ0) is 18.2. The lowest BCUT2D eigenvalue weighted by Crippen LogP contribution is -2.50. The molecule has 0 spiro atoms. The number of allylic oxidation sites excluding steroid dienone is 1. The number of carboxylic acid groups (broad SMARTS) is 1. The van der Waals surface area contributed by atoms with Crippen molar-refractivity contribution in [3.63, 3.8) is 0 Å². The molecule has 7 heteroatoms. The maximum atomic E-state index is 12.1. The van der Waals surface area contributed by atoms with E-state index in [4.69, 9.17) is 5.73 Å². The third-order valence-corrected chi connectivity index (χ3v) is 3.44. The molecule has 0 aromatic rings. The van der Waals surface area contributed by atoms with Gasteiger partial charge in [0.05, 0.1) is 6.04 Å². The highest BCUT2D eigenvalue weighted by molar-refractivity contribution is 5.87. The van der Waals surface area contributed by atoms with E-state index in [9.17, 15) is 19.5 Å². The number of aliphatic carboxylic acids is 1. The lowest BCUT2D eigenvalue weighted by atomic mass is 9.94. The average Bonchev–Trinajstić information content (AvgIpc) is 2.43. The molecule has 0 aliphatic carbocycles. The molecule has 0 radical (unpaired) electrons. The molecule has 0 fully saturated rings. The number of amides is 2. The average molecular weight is 327 g/mol. The van der Waals surface area contributed by atoms with Gasteiger partial charge in [-0.1, -0.05) is 19.9 Å². The van der Waals surface area contributed by atoms with Crippen LogP contribution in [0.5, 0.6) is 0 Å². The van der Waals surface area contributed by atoms with Crippen LogP contribution < -0.4 is 11.1 Å². The molecule has 1 unspecified atom stereocenters. The molecule has 0 bridgehead atoms. The Morgan fingerprint density at radius 1 is 1.26 bits per heavy atom. The Bertz CT molecular complexity index is 435. The summed E-state index contributed by atoms with van der Waals surface area (Å²) in [6, 6.07) is -1.92. The molecule has 0 aliphatic rings. The predicted octanol–water partition coefficient (Wildman–Crippen LogP) is 0.600. The molecule has 0 aliphatic heterocycles. The van der Waals surface area contributed by atoms with E-state index in [-0.39, 0.29) is 18.2 Å². The number of rotatable bonds is 10. The van der Waals surface area contributed by atoms with Crippen LogP contribution in [-0.2, 0) is 14.4 Å². The van der Waals surface area contributed by atoms with Gasteiger partial charge in [-0.15, -0.1) is 6.58 Å². The van der Waals surface area contributed by atoms with Crippen molar-refractivity contribution in [2.24, 2.45) is 17.6 Å². The van der Waals surface area contributed by atoms with Crippen LogP contribution in [0.25, 0.3) is 0 Å². The van der Waals surface area contributed by atoms with Gasteiger partial charge in [0.25, 0.3) is 0 Å². The molecule has 132 valence electrons. The second-order valence-electron chi connectivity index (χ2n) is 6.33. The van der Waals surface area contributed by atoms with Gasteiger partial charge in [0.15, 0.2) is 0 Å². The minimum Gasteiger partial charge on any atom is -0.480 e. The van der Waals surface area contributed by atoms with Crippen molar-refractivity contribution in [2.75, 3.05) is 14.1 Å². The first kappa shape index (κ1) is 21.1. The fraction of sp³-hybridized carbons (Fsp3) is 0.688. The van der Waals surface area contributed by atoms with Crippen LogP contribution in [0.15, 0.2) is 12.7 Å². The molecule has 4 N–H and O–H groups in total. The maximum Gasteiger partial charge on any atom is 0.326 e. The summed E-state index contributed by atoms with van der Waals surface area (Å²) < 4.78 is 0. The van der Waals surface area contributed by atoms with Gasteiger partial charge in [0.2, 0.25) is 11.8 Å². The first-order chi connectivity index (χ1) is 10.6. The Morgan fingerprint density at radius 3 is 2.22 bits per heavy atom. The highest BCUT2D eigenvalue weighted by Gasteiger charge is 2.29. The standard InChI is InChI=1S/C16H29N3O4/c1-6-7-11(15(21)19(4)5)9-13(16(22)23)18-14(20)12(17)8-10(2)3/h6,10-13H,1,7-9,17H2,2-5H3,(H,18,20)(H,22,23)/t11?,12-,13-/m0/s1. The summed E-state index contributed by atoms with van der Waals surface area (Å²) in [6.45, 7) is 7.45. The summed E-state index contributed by atoms with van der Waals surface area (Å²) in [5.41, 5.74) is 5.77. The molecule has 0 aromatic carbocycles. The van der Waals surface area contributed by atoms with Gasteiger partial charge < -0.3 is 21.1 Å². The lowest BCUT2D eigenvalue weighted by molar-refractivity contribution is -0.143. The number of nitrogens with zero attached hydrogens (tertiary/aromatic N) is 1. The van der Waals surface area contributed by atoms with E-state index < -0.39 is 29.9 Å². The van der Waals surface area contributed by atoms with Crippen LogP contribution in [0.3, 0.4) is 0 Å². The van der Waals surface area contributed by atoms with Gasteiger partial charge >= 0.3 is 5.97 Å². The van der Waals surface area contributed by atoms with Gasteiger partial charge in [0.1, 0.15) is 6.04 Å². The van der Waals surface area contributed by atoms with Crippen LogP contribution >= 0.6 is 0 Å². The summed E-state index contributed by atoms with van der Waals surface area (Å²) in [4.78, 5) is 36.9. The van der Waals surface area contributed by atoms with E-state index in [0.29, 0.717) is 12.8 Å². The third-order valence-electron chi connectivity index (χ3n) is 3.44. The van der Waals surface area contributed by atoms with E-state index in [0.717, 1.165) is 0 Å². The van der Waals surface area contributed by atoms with Crippen molar-refractivity contribution in [1.29, 1.82) is 0 Å².